The van der Waals surface area contributed by atoms with E-state index in [0.29, 0.717) is 25.7 Å². The van der Waals surface area contributed by atoms with Crippen molar-refractivity contribution in [3.63, 3.8) is 0 Å². The Hall–Kier alpha value is -1.02. The van der Waals surface area contributed by atoms with Gasteiger partial charge in [-0.2, -0.15) is 0 Å². The lowest BCUT2D eigenvalue weighted by atomic mass is 10.3. The van der Waals surface area contributed by atoms with E-state index in [-0.39, 0.29) is 24.0 Å². The van der Waals surface area contributed by atoms with Crippen LogP contribution in [0.3, 0.4) is 0 Å². The molecular weight excluding hydrogens is 345 g/mol. The Kier molecular flexibility index (Phi) is 9.39. The topological polar surface area (TPSA) is 68.9 Å². The monoisotopic (exact) mass is 365 g/mol. The van der Waals surface area contributed by atoms with E-state index in [0.717, 1.165) is 11.4 Å². The Morgan fingerprint density at radius 3 is 2.56 bits per heavy atom. The van der Waals surface area contributed by atoms with Crippen LogP contribution in [0.4, 0.5) is 5.69 Å². The number of hydrogen-bond acceptors (Lipinski definition) is 3. The highest BCUT2D eigenvalue weighted by Gasteiger charge is 1.95. The normalized spacial score (nSPS) is 10.7. The molecule has 1 aromatic carbocycles. The highest BCUT2D eigenvalue weighted by Crippen LogP contribution is 2.14. The van der Waals surface area contributed by atoms with Gasteiger partial charge in [0.2, 0.25) is 0 Å². The minimum atomic E-state index is 0. The molecule has 1 rings (SSSR count). The Labute approximate surface area is 125 Å². The Bertz CT molecular complexity index is 355. The maximum atomic E-state index is 5.71. The molecule has 102 valence electrons. The molecule has 3 N–H and O–H groups in total. The number of nitrogens with one attached hydrogen (secondary N) is 1. The minimum absolute atomic E-state index is 0. The molecule has 18 heavy (non-hydrogen) atoms. The molecule has 0 spiro atoms. The van der Waals surface area contributed by atoms with Crippen molar-refractivity contribution in [2.45, 2.75) is 6.92 Å². The first-order valence-electron chi connectivity index (χ1n) is 5.55. The Morgan fingerprint density at radius 1 is 1.33 bits per heavy atom. The first-order chi connectivity index (χ1) is 8.26. The van der Waals surface area contributed by atoms with Crippen LogP contribution in [0.25, 0.3) is 0 Å². The van der Waals surface area contributed by atoms with Crippen molar-refractivity contribution in [1.82, 2.24) is 0 Å². The van der Waals surface area contributed by atoms with E-state index in [1.165, 1.54) is 0 Å². The number of aliphatic imine (C=N–C) groups is 1. The van der Waals surface area contributed by atoms with Crippen LogP contribution in [0.2, 0.25) is 0 Å². The fourth-order valence-electron chi connectivity index (χ4n) is 1.24. The van der Waals surface area contributed by atoms with E-state index in [2.05, 4.69) is 10.3 Å². The third-order valence-corrected chi connectivity index (χ3v) is 2.08. The lowest BCUT2D eigenvalue weighted by Crippen LogP contribution is -2.23. The van der Waals surface area contributed by atoms with Crippen LogP contribution in [-0.4, -0.2) is 32.8 Å². The van der Waals surface area contributed by atoms with Gasteiger partial charge >= 0.3 is 0 Å². The Balaban J connectivity index is 0.00000289. The van der Waals surface area contributed by atoms with Crippen molar-refractivity contribution in [3.8, 4) is 5.75 Å². The zero-order valence-electron chi connectivity index (χ0n) is 10.7. The van der Waals surface area contributed by atoms with E-state index in [1.54, 1.807) is 7.11 Å². The molecule has 0 radical (unpaired) electrons. The second-order valence-electron chi connectivity index (χ2n) is 3.32. The van der Waals surface area contributed by atoms with E-state index >= 15 is 0 Å². The van der Waals surface area contributed by atoms with Crippen LogP contribution in [0, 0.1) is 0 Å². The van der Waals surface area contributed by atoms with E-state index < -0.39 is 0 Å². The number of halogens is 1. The number of benzene rings is 1. The first-order valence-corrected chi connectivity index (χ1v) is 5.55. The molecule has 0 fully saturated rings. The molecule has 0 aromatic heterocycles. The van der Waals surface area contributed by atoms with Crippen molar-refractivity contribution in [2.24, 2.45) is 10.7 Å². The molecule has 0 heterocycles. The average molecular weight is 365 g/mol. The molecule has 5 nitrogen and oxygen atoms in total. The van der Waals surface area contributed by atoms with Crippen LogP contribution in [0.1, 0.15) is 6.92 Å². The van der Waals surface area contributed by atoms with Gasteiger partial charge in [0.15, 0.2) is 5.96 Å². The summed E-state index contributed by atoms with van der Waals surface area (Å²) in [5, 5.41) is 2.99. The summed E-state index contributed by atoms with van der Waals surface area (Å²) in [5.74, 6) is 1.19. The van der Waals surface area contributed by atoms with E-state index in [9.17, 15) is 0 Å². The molecule has 1 aromatic rings. The van der Waals surface area contributed by atoms with Gasteiger partial charge < -0.3 is 20.5 Å². The lowest BCUT2D eigenvalue weighted by molar-refractivity contribution is 0.156. The van der Waals surface area contributed by atoms with Gasteiger partial charge in [-0.25, -0.2) is 0 Å². The van der Waals surface area contributed by atoms with Crippen LogP contribution in [0.15, 0.2) is 29.3 Å². The number of anilines is 1. The van der Waals surface area contributed by atoms with Crippen molar-refractivity contribution in [2.75, 3.05) is 32.2 Å². The van der Waals surface area contributed by atoms with Gasteiger partial charge in [-0.3, -0.25) is 4.99 Å². The van der Waals surface area contributed by atoms with E-state index in [1.807, 2.05) is 31.2 Å². The summed E-state index contributed by atoms with van der Waals surface area (Å²) in [6.07, 6.45) is 0. The quantitative estimate of drug-likeness (QED) is 0.351. The number of guanidine groups is 1. The number of ether oxygens (including phenoxy) is 2. The van der Waals surface area contributed by atoms with Gasteiger partial charge in [-0.1, -0.05) is 0 Å². The summed E-state index contributed by atoms with van der Waals surface area (Å²) >= 11 is 0. The lowest BCUT2D eigenvalue weighted by Gasteiger charge is -2.06. The predicted molar refractivity (Wildman–Crippen MR) is 85.0 cm³/mol. The van der Waals surface area contributed by atoms with Crippen LogP contribution in [-0.2, 0) is 4.74 Å². The van der Waals surface area contributed by atoms with Crippen LogP contribution in [0.5, 0.6) is 5.75 Å². The fraction of sp³-hybridized carbons (Fsp3) is 0.417. The molecular formula is C12H20IN3O2. The van der Waals surface area contributed by atoms with Crippen LogP contribution < -0.4 is 15.8 Å². The van der Waals surface area contributed by atoms with Gasteiger partial charge in [-0.15, -0.1) is 24.0 Å². The highest BCUT2D eigenvalue weighted by molar-refractivity contribution is 14.0. The molecule has 0 aliphatic rings. The molecule has 0 saturated carbocycles. The molecule has 0 saturated heterocycles. The zero-order valence-corrected chi connectivity index (χ0v) is 13.0. The second-order valence-corrected chi connectivity index (χ2v) is 3.32. The molecule has 0 bridgehead atoms. The van der Waals surface area contributed by atoms with Crippen molar-refractivity contribution < 1.29 is 9.47 Å². The summed E-state index contributed by atoms with van der Waals surface area (Å²) in [7, 11) is 1.63. The molecule has 0 unspecified atom stereocenters. The third kappa shape index (κ3) is 6.65. The molecule has 6 heteroatoms. The predicted octanol–water partition coefficient (Wildman–Crippen LogP) is 2.08. The zero-order chi connectivity index (χ0) is 12.5. The third-order valence-electron chi connectivity index (χ3n) is 2.08. The van der Waals surface area contributed by atoms with Crippen molar-refractivity contribution in [3.05, 3.63) is 24.3 Å². The van der Waals surface area contributed by atoms with Gasteiger partial charge in [0.05, 0.1) is 20.3 Å². The fourth-order valence-corrected chi connectivity index (χ4v) is 1.24. The van der Waals surface area contributed by atoms with Gasteiger partial charge in [0, 0.05) is 12.3 Å². The summed E-state index contributed by atoms with van der Waals surface area (Å²) in [6.45, 7) is 3.79. The molecule has 0 amide bonds. The molecule has 0 atom stereocenters. The van der Waals surface area contributed by atoms with Crippen molar-refractivity contribution >= 4 is 35.6 Å². The maximum Gasteiger partial charge on any atom is 0.193 e. The number of nitrogens with two attached hydrogens (primary N) is 1. The number of rotatable bonds is 6. The van der Waals surface area contributed by atoms with E-state index in [4.69, 9.17) is 15.2 Å². The minimum Gasteiger partial charge on any atom is -0.497 e. The standard InChI is InChI=1S/C12H19N3O2.HI/c1-3-17-9-8-14-12(13)15-10-4-6-11(16-2)7-5-10;/h4-7H,3,8-9H2,1-2H3,(H3,13,14,15);1H. The smallest absolute Gasteiger partial charge is 0.193 e. The highest BCUT2D eigenvalue weighted by atomic mass is 127. The number of methoxy groups -OCH3 is 1. The Morgan fingerprint density at radius 2 is 2.00 bits per heavy atom. The largest absolute Gasteiger partial charge is 0.497 e. The van der Waals surface area contributed by atoms with Crippen LogP contribution >= 0.6 is 24.0 Å². The second kappa shape index (κ2) is 9.95. The number of hydrogen-bond donors (Lipinski definition) is 2. The summed E-state index contributed by atoms with van der Waals surface area (Å²) in [5.41, 5.74) is 6.59. The summed E-state index contributed by atoms with van der Waals surface area (Å²) in [6, 6.07) is 7.47. The summed E-state index contributed by atoms with van der Waals surface area (Å²) < 4.78 is 10.2. The molecule has 0 aliphatic heterocycles. The van der Waals surface area contributed by atoms with Gasteiger partial charge in [0.1, 0.15) is 5.75 Å². The maximum absolute atomic E-state index is 5.71. The average Bonchev–Trinajstić information content (AvgIpc) is 2.36. The van der Waals surface area contributed by atoms with Gasteiger partial charge in [0.25, 0.3) is 0 Å². The number of nitrogens with zero attached hydrogens (tertiary/aromatic N) is 1. The summed E-state index contributed by atoms with van der Waals surface area (Å²) in [4.78, 5) is 4.13. The van der Waals surface area contributed by atoms with Crippen molar-refractivity contribution in [1.29, 1.82) is 0 Å². The molecule has 0 aliphatic carbocycles. The van der Waals surface area contributed by atoms with Gasteiger partial charge in [-0.05, 0) is 31.2 Å². The first kappa shape index (κ1) is 17.0. The SMILES string of the molecule is CCOCCN=C(N)Nc1ccc(OC)cc1.I.